The highest BCUT2D eigenvalue weighted by atomic mass is 32.2. The lowest BCUT2D eigenvalue weighted by Crippen LogP contribution is -2.34. The number of nitrogens with zero attached hydrogens (tertiary/aromatic N) is 3. The lowest BCUT2D eigenvalue weighted by molar-refractivity contribution is -0.116. The maximum Gasteiger partial charge on any atom is 0.241 e. The van der Waals surface area contributed by atoms with Crippen molar-refractivity contribution in [3.8, 4) is 0 Å². The van der Waals surface area contributed by atoms with Gasteiger partial charge in [-0.25, -0.2) is 12.8 Å². The van der Waals surface area contributed by atoms with E-state index in [-0.39, 0.29) is 17.5 Å². The van der Waals surface area contributed by atoms with Gasteiger partial charge in [-0.3, -0.25) is 10.1 Å². The Balaban J connectivity index is 1.87. The molecule has 1 heterocycles. The summed E-state index contributed by atoms with van der Waals surface area (Å²) in [4.78, 5) is 11.8. The highest BCUT2D eigenvalue weighted by Gasteiger charge is 2.16. The molecule has 0 bridgehead atoms. The van der Waals surface area contributed by atoms with Crippen molar-refractivity contribution in [3.05, 3.63) is 35.6 Å². The van der Waals surface area contributed by atoms with Crippen LogP contribution in [0.1, 0.15) is 5.56 Å². The number of sulfonamides is 1. The lowest BCUT2D eigenvalue weighted by Gasteiger charge is -2.12. The van der Waals surface area contributed by atoms with Crippen LogP contribution in [-0.2, 0) is 20.6 Å². The molecule has 24 heavy (non-hydrogen) atoms. The summed E-state index contributed by atoms with van der Waals surface area (Å²) in [6.07, 6.45) is 1.02. The first-order valence-corrected chi connectivity index (χ1v) is 10.3. The highest BCUT2D eigenvalue weighted by molar-refractivity contribution is 8.00. The molecule has 0 aliphatic carbocycles. The van der Waals surface area contributed by atoms with Crippen molar-refractivity contribution in [2.45, 2.75) is 10.1 Å². The predicted octanol–water partition coefficient (Wildman–Crippen LogP) is 1.80. The lowest BCUT2D eigenvalue weighted by atomic mass is 10.2. The maximum absolute atomic E-state index is 13.1. The third-order valence-electron chi connectivity index (χ3n) is 2.84. The van der Waals surface area contributed by atoms with Gasteiger partial charge in [-0.1, -0.05) is 35.2 Å². The molecule has 1 N–H and O–H groups in total. The topological polar surface area (TPSA) is 92.3 Å². The molecule has 0 radical (unpaired) electrons. The van der Waals surface area contributed by atoms with Gasteiger partial charge in [0.25, 0.3) is 0 Å². The van der Waals surface area contributed by atoms with Crippen LogP contribution in [0.5, 0.6) is 0 Å². The second kappa shape index (κ2) is 8.01. The molecule has 1 aromatic heterocycles. The molecule has 0 saturated heterocycles. The smallest absolute Gasteiger partial charge is 0.241 e. The van der Waals surface area contributed by atoms with Crippen molar-refractivity contribution in [2.24, 2.45) is 0 Å². The van der Waals surface area contributed by atoms with Crippen molar-refractivity contribution >= 4 is 44.2 Å². The number of likely N-dealkylation sites (N-methyl/N-ethyl adjacent to an activating group) is 1. The van der Waals surface area contributed by atoms with E-state index in [1.165, 1.54) is 42.3 Å². The van der Waals surface area contributed by atoms with Crippen molar-refractivity contribution in [1.82, 2.24) is 14.5 Å². The van der Waals surface area contributed by atoms with Crippen LogP contribution in [0, 0.1) is 5.82 Å². The summed E-state index contributed by atoms with van der Waals surface area (Å²) < 4.78 is 37.2. The van der Waals surface area contributed by atoms with Gasteiger partial charge in [-0.2, -0.15) is 4.31 Å². The van der Waals surface area contributed by atoms with Crippen molar-refractivity contribution < 1.29 is 17.6 Å². The quantitative estimate of drug-likeness (QED) is 0.572. The van der Waals surface area contributed by atoms with E-state index in [1.807, 2.05) is 0 Å². The fourth-order valence-corrected chi connectivity index (χ4v) is 3.63. The number of rotatable bonds is 7. The molecular weight excluding hydrogens is 375 g/mol. The molecule has 0 saturated carbocycles. The van der Waals surface area contributed by atoms with E-state index < -0.39 is 15.9 Å². The Labute approximate surface area is 147 Å². The molecule has 0 aliphatic rings. The average molecular weight is 390 g/mol. The van der Waals surface area contributed by atoms with Gasteiger partial charge >= 0.3 is 0 Å². The van der Waals surface area contributed by atoms with Crippen LogP contribution in [0.2, 0.25) is 0 Å². The summed E-state index contributed by atoms with van der Waals surface area (Å²) in [5, 5.41) is 10.5. The van der Waals surface area contributed by atoms with Crippen molar-refractivity contribution in [1.29, 1.82) is 0 Å². The molecule has 0 spiro atoms. The molecule has 1 amide bonds. The zero-order chi connectivity index (χ0) is 17.7. The average Bonchev–Trinajstić information content (AvgIpc) is 2.91. The number of halogens is 1. The molecule has 7 nitrogen and oxygen atoms in total. The normalized spacial score (nSPS) is 11.7. The second-order valence-corrected chi connectivity index (χ2v) is 9.15. The molecule has 0 fully saturated rings. The van der Waals surface area contributed by atoms with Crippen molar-refractivity contribution in [2.75, 3.05) is 25.2 Å². The van der Waals surface area contributed by atoms with Crippen LogP contribution >= 0.6 is 23.1 Å². The summed E-state index contributed by atoms with van der Waals surface area (Å²) >= 11 is 2.54. The number of amides is 1. The molecular formula is C13H15FN4O3S3. The first-order chi connectivity index (χ1) is 11.2. The molecule has 2 aromatic rings. The van der Waals surface area contributed by atoms with Gasteiger partial charge in [0.2, 0.25) is 21.1 Å². The number of hydrogen-bond donors (Lipinski definition) is 1. The number of carbonyl (C=O) groups excluding carboxylic acids is 1. The minimum atomic E-state index is -3.42. The number of carbonyl (C=O) groups is 1. The number of benzene rings is 1. The van der Waals surface area contributed by atoms with Crippen molar-refractivity contribution in [3.63, 3.8) is 0 Å². The SMILES string of the molecule is CN(CC(=O)Nc1nnc(SCc2cccc(F)c2)s1)S(C)(=O)=O. The second-order valence-electron chi connectivity index (χ2n) is 4.86. The Morgan fingerprint density at radius 3 is 2.83 bits per heavy atom. The third kappa shape index (κ3) is 5.82. The zero-order valence-corrected chi connectivity index (χ0v) is 15.3. The van der Waals surface area contributed by atoms with E-state index in [1.54, 1.807) is 12.1 Å². The summed E-state index contributed by atoms with van der Waals surface area (Å²) in [6.45, 7) is -0.301. The van der Waals surface area contributed by atoms with E-state index in [9.17, 15) is 17.6 Å². The number of nitrogens with one attached hydrogen (secondary N) is 1. The van der Waals surface area contributed by atoms with Crippen LogP contribution < -0.4 is 5.32 Å². The van der Waals surface area contributed by atoms with E-state index in [0.717, 1.165) is 16.1 Å². The molecule has 11 heteroatoms. The Morgan fingerprint density at radius 1 is 1.42 bits per heavy atom. The Hall–Kier alpha value is -1.56. The minimum Gasteiger partial charge on any atom is -0.299 e. The number of hydrogen-bond acceptors (Lipinski definition) is 7. The van der Waals surface area contributed by atoms with Crippen LogP contribution in [0.4, 0.5) is 9.52 Å². The molecule has 0 aliphatic heterocycles. The van der Waals surface area contributed by atoms with E-state index in [0.29, 0.717) is 10.1 Å². The van der Waals surface area contributed by atoms with Gasteiger partial charge < -0.3 is 0 Å². The number of anilines is 1. The molecule has 2 rings (SSSR count). The Kier molecular flexibility index (Phi) is 6.27. The van der Waals surface area contributed by atoms with Gasteiger partial charge in [-0.05, 0) is 17.7 Å². The van der Waals surface area contributed by atoms with Gasteiger partial charge in [0.1, 0.15) is 5.82 Å². The summed E-state index contributed by atoms with van der Waals surface area (Å²) in [5.41, 5.74) is 0.815. The molecule has 1 aromatic carbocycles. The molecule has 0 atom stereocenters. The number of aromatic nitrogens is 2. The minimum absolute atomic E-state index is 0.281. The number of thioether (sulfide) groups is 1. The molecule has 0 unspecified atom stereocenters. The largest absolute Gasteiger partial charge is 0.299 e. The van der Waals surface area contributed by atoms with Crippen LogP contribution in [0.3, 0.4) is 0 Å². The predicted molar refractivity (Wildman–Crippen MR) is 92.0 cm³/mol. The van der Waals surface area contributed by atoms with Gasteiger partial charge in [0, 0.05) is 12.8 Å². The van der Waals surface area contributed by atoms with Crippen LogP contribution in [-0.4, -0.2) is 48.7 Å². The van der Waals surface area contributed by atoms with E-state index in [4.69, 9.17) is 0 Å². The first-order valence-electron chi connectivity index (χ1n) is 6.66. The standard InChI is InChI=1S/C13H15FN4O3S3/c1-18(24(2,20)21)7-11(19)15-12-16-17-13(23-12)22-8-9-4-3-5-10(14)6-9/h3-6H,7-8H2,1-2H3,(H,15,16,19). The Morgan fingerprint density at radius 2 is 2.17 bits per heavy atom. The van der Waals surface area contributed by atoms with Crippen LogP contribution in [0.25, 0.3) is 0 Å². The fraction of sp³-hybridized carbons (Fsp3) is 0.308. The van der Waals surface area contributed by atoms with Gasteiger partial charge in [0.05, 0.1) is 12.8 Å². The monoisotopic (exact) mass is 390 g/mol. The zero-order valence-electron chi connectivity index (χ0n) is 12.9. The first kappa shape index (κ1) is 18.8. The van der Waals surface area contributed by atoms with Gasteiger partial charge in [-0.15, -0.1) is 10.2 Å². The van der Waals surface area contributed by atoms with Gasteiger partial charge in [0.15, 0.2) is 4.34 Å². The Bertz CT molecular complexity index is 825. The maximum atomic E-state index is 13.1. The molecule has 130 valence electrons. The van der Waals surface area contributed by atoms with E-state index in [2.05, 4.69) is 15.5 Å². The fourth-order valence-electron chi connectivity index (χ4n) is 1.57. The summed E-state index contributed by atoms with van der Waals surface area (Å²) in [6, 6.07) is 6.26. The summed E-state index contributed by atoms with van der Waals surface area (Å²) in [5.74, 6) is -0.272. The van der Waals surface area contributed by atoms with E-state index >= 15 is 0 Å². The van der Waals surface area contributed by atoms with Crippen LogP contribution in [0.15, 0.2) is 28.6 Å². The third-order valence-corrected chi connectivity index (χ3v) is 6.14. The highest BCUT2D eigenvalue weighted by Crippen LogP contribution is 2.28. The summed E-state index contributed by atoms with van der Waals surface area (Å²) in [7, 11) is -2.11.